The van der Waals surface area contributed by atoms with Crippen molar-refractivity contribution >= 4 is 5.78 Å². The number of benzene rings is 2. The number of ether oxygens (including phenoxy) is 1. The van der Waals surface area contributed by atoms with Gasteiger partial charge in [0.05, 0.1) is 7.11 Å². The van der Waals surface area contributed by atoms with E-state index in [2.05, 4.69) is 19.1 Å². The number of ketones is 1. The highest BCUT2D eigenvalue weighted by Gasteiger charge is 2.18. The van der Waals surface area contributed by atoms with Gasteiger partial charge in [-0.15, -0.1) is 0 Å². The normalized spacial score (nSPS) is 11.9. The summed E-state index contributed by atoms with van der Waals surface area (Å²) >= 11 is 0. The molecule has 104 valence electrons. The van der Waals surface area contributed by atoms with Gasteiger partial charge < -0.3 is 4.74 Å². The highest BCUT2D eigenvalue weighted by Crippen LogP contribution is 2.20. The fourth-order valence-electron chi connectivity index (χ4n) is 2.31. The molecule has 0 heterocycles. The first-order valence-corrected chi connectivity index (χ1v) is 6.96. The predicted molar refractivity (Wildman–Crippen MR) is 81.3 cm³/mol. The maximum absolute atomic E-state index is 12.5. The minimum Gasteiger partial charge on any atom is -0.497 e. The maximum atomic E-state index is 12.5. The van der Waals surface area contributed by atoms with E-state index in [4.69, 9.17) is 4.74 Å². The standard InChI is InChI=1S/C18H20O2/c1-3-15(13-14-7-5-4-6-8-14)18(19)16-9-11-17(20-2)12-10-16/h4-12,15H,3,13H2,1-2H3. The lowest BCUT2D eigenvalue weighted by molar-refractivity contribution is 0.0916. The number of hydrogen-bond acceptors (Lipinski definition) is 2. The maximum Gasteiger partial charge on any atom is 0.166 e. The molecule has 0 radical (unpaired) electrons. The highest BCUT2D eigenvalue weighted by atomic mass is 16.5. The van der Waals surface area contributed by atoms with Gasteiger partial charge in [0, 0.05) is 11.5 Å². The molecule has 0 fully saturated rings. The Morgan fingerprint density at radius 2 is 1.70 bits per heavy atom. The Morgan fingerprint density at radius 3 is 2.25 bits per heavy atom. The van der Waals surface area contributed by atoms with Gasteiger partial charge in [-0.3, -0.25) is 4.79 Å². The van der Waals surface area contributed by atoms with Crippen LogP contribution in [-0.2, 0) is 6.42 Å². The summed E-state index contributed by atoms with van der Waals surface area (Å²) in [6, 6.07) is 17.5. The van der Waals surface area contributed by atoms with Crippen LogP contribution < -0.4 is 4.74 Å². The molecule has 0 N–H and O–H groups in total. The van der Waals surface area contributed by atoms with Gasteiger partial charge >= 0.3 is 0 Å². The van der Waals surface area contributed by atoms with Crippen LogP contribution in [0.3, 0.4) is 0 Å². The number of methoxy groups -OCH3 is 1. The van der Waals surface area contributed by atoms with Crippen molar-refractivity contribution in [2.24, 2.45) is 5.92 Å². The van der Waals surface area contributed by atoms with E-state index in [9.17, 15) is 4.79 Å². The van der Waals surface area contributed by atoms with E-state index < -0.39 is 0 Å². The van der Waals surface area contributed by atoms with E-state index in [0.717, 1.165) is 24.2 Å². The lowest BCUT2D eigenvalue weighted by atomic mass is 9.89. The quantitative estimate of drug-likeness (QED) is 0.736. The van der Waals surface area contributed by atoms with Gasteiger partial charge in [-0.25, -0.2) is 0 Å². The summed E-state index contributed by atoms with van der Waals surface area (Å²) in [4.78, 5) is 12.5. The van der Waals surface area contributed by atoms with Gasteiger partial charge in [0.2, 0.25) is 0 Å². The van der Waals surface area contributed by atoms with Gasteiger partial charge in [0.25, 0.3) is 0 Å². The second kappa shape index (κ2) is 6.90. The number of hydrogen-bond donors (Lipinski definition) is 0. The second-order valence-electron chi connectivity index (χ2n) is 4.89. The zero-order valence-electron chi connectivity index (χ0n) is 12.0. The smallest absolute Gasteiger partial charge is 0.166 e. The average Bonchev–Trinajstić information content (AvgIpc) is 2.53. The van der Waals surface area contributed by atoms with Crippen LogP contribution in [0.25, 0.3) is 0 Å². The molecule has 2 aromatic rings. The van der Waals surface area contributed by atoms with Crippen molar-refractivity contribution < 1.29 is 9.53 Å². The summed E-state index contributed by atoms with van der Waals surface area (Å²) in [5, 5.41) is 0. The molecule has 0 aliphatic carbocycles. The molecule has 2 heteroatoms. The van der Waals surface area contributed by atoms with Gasteiger partial charge in [-0.2, -0.15) is 0 Å². The van der Waals surface area contributed by atoms with Crippen LogP contribution in [0, 0.1) is 5.92 Å². The first-order chi connectivity index (χ1) is 9.74. The van der Waals surface area contributed by atoms with Crippen LogP contribution in [0.1, 0.15) is 29.3 Å². The minimum absolute atomic E-state index is 0.0331. The van der Waals surface area contributed by atoms with Crippen molar-refractivity contribution in [1.29, 1.82) is 0 Å². The van der Waals surface area contributed by atoms with E-state index in [-0.39, 0.29) is 11.7 Å². The van der Waals surface area contributed by atoms with E-state index in [0.29, 0.717) is 0 Å². The third-order valence-corrected chi connectivity index (χ3v) is 3.56. The largest absolute Gasteiger partial charge is 0.497 e. The summed E-state index contributed by atoms with van der Waals surface area (Å²) in [7, 11) is 1.63. The molecular weight excluding hydrogens is 248 g/mol. The van der Waals surface area contributed by atoms with E-state index in [1.807, 2.05) is 42.5 Å². The number of carbonyl (C=O) groups excluding carboxylic acids is 1. The van der Waals surface area contributed by atoms with E-state index >= 15 is 0 Å². The molecule has 0 aromatic heterocycles. The van der Waals surface area contributed by atoms with Crippen molar-refractivity contribution in [3.05, 3.63) is 65.7 Å². The van der Waals surface area contributed by atoms with Crippen LogP contribution in [-0.4, -0.2) is 12.9 Å². The Hall–Kier alpha value is -2.09. The van der Waals surface area contributed by atoms with Gasteiger partial charge in [0.15, 0.2) is 5.78 Å². The van der Waals surface area contributed by atoms with Crippen molar-refractivity contribution in [3.8, 4) is 5.75 Å². The zero-order valence-corrected chi connectivity index (χ0v) is 12.0. The molecule has 0 aliphatic heterocycles. The van der Waals surface area contributed by atoms with Gasteiger partial charge in [-0.05, 0) is 42.7 Å². The summed E-state index contributed by atoms with van der Waals surface area (Å²) in [5.74, 6) is 1.02. The molecule has 2 rings (SSSR count). The summed E-state index contributed by atoms with van der Waals surface area (Å²) in [6.07, 6.45) is 1.64. The number of Topliss-reactive ketones (excluding diaryl/α,β-unsaturated/α-hetero) is 1. The first kappa shape index (κ1) is 14.3. The SMILES string of the molecule is CCC(Cc1ccccc1)C(=O)c1ccc(OC)cc1. The van der Waals surface area contributed by atoms with Gasteiger partial charge in [-0.1, -0.05) is 37.3 Å². The fraction of sp³-hybridized carbons (Fsp3) is 0.278. The van der Waals surface area contributed by atoms with Crippen molar-refractivity contribution in [3.63, 3.8) is 0 Å². The topological polar surface area (TPSA) is 26.3 Å². The fourth-order valence-corrected chi connectivity index (χ4v) is 2.31. The molecule has 1 atom stereocenters. The molecule has 2 nitrogen and oxygen atoms in total. The molecule has 0 amide bonds. The molecule has 1 unspecified atom stereocenters. The zero-order chi connectivity index (χ0) is 14.4. The average molecular weight is 268 g/mol. The van der Waals surface area contributed by atoms with Crippen LogP contribution in [0.15, 0.2) is 54.6 Å². The molecule has 0 spiro atoms. The Bertz CT molecular complexity index is 543. The van der Waals surface area contributed by atoms with Crippen molar-refractivity contribution in [1.82, 2.24) is 0 Å². The first-order valence-electron chi connectivity index (χ1n) is 6.96. The van der Waals surface area contributed by atoms with Crippen LogP contribution >= 0.6 is 0 Å². The Kier molecular flexibility index (Phi) is 4.94. The summed E-state index contributed by atoms with van der Waals surface area (Å²) < 4.78 is 5.12. The lowest BCUT2D eigenvalue weighted by Crippen LogP contribution is -2.16. The monoisotopic (exact) mass is 268 g/mol. The highest BCUT2D eigenvalue weighted by molar-refractivity contribution is 5.98. The van der Waals surface area contributed by atoms with E-state index in [1.54, 1.807) is 7.11 Å². The lowest BCUT2D eigenvalue weighted by Gasteiger charge is -2.14. The third-order valence-electron chi connectivity index (χ3n) is 3.56. The third kappa shape index (κ3) is 3.47. The van der Waals surface area contributed by atoms with Crippen LogP contribution in [0.2, 0.25) is 0 Å². The van der Waals surface area contributed by atoms with Gasteiger partial charge in [0.1, 0.15) is 5.75 Å². The summed E-state index contributed by atoms with van der Waals surface area (Å²) in [5.41, 5.74) is 1.97. The molecule has 0 bridgehead atoms. The predicted octanol–water partition coefficient (Wildman–Crippen LogP) is 4.15. The van der Waals surface area contributed by atoms with Crippen LogP contribution in [0.4, 0.5) is 0 Å². The number of carbonyl (C=O) groups is 1. The summed E-state index contributed by atoms with van der Waals surface area (Å²) in [6.45, 7) is 2.06. The molecule has 0 saturated heterocycles. The second-order valence-corrected chi connectivity index (χ2v) is 4.89. The molecule has 2 aromatic carbocycles. The number of rotatable bonds is 6. The van der Waals surface area contributed by atoms with Crippen LogP contribution in [0.5, 0.6) is 5.75 Å². The van der Waals surface area contributed by atoms with E-state index in [1.165, 1.54) is 5.56 Å². The molecule has 0 aliphatic rings. The Labute approximate surface area is 120 Å². The Balaban J connectivity index is 2.12. The minimum atomic E-state index is 0.0331. The van der Waals surface area contributed by atoms with Crippen molar-refractivity contribution in [2.45, 2.75) is 19.8 Å². The molecular formula is C18H20O2. The molecule has 0 saturated carbocycles. The molecule has 20 heavy (non-hydrogen) atoms. The van der Waals surface area contributed by atoms with Crippen molar-refractivity contribution in [2.75, 3.05) is 7.11 Å². The Morgan fingerprint density at radius 1 is 1.05 bits per heavy atom.